The quantitative estimate of drug-likeness (QED) is 0.912. The third-order valence-corrected chi connectivity index (χ3v) is 3.27. The van der Waals surface area contributed by atoms with Crippen molar-refractivity contribution in [2.75, 3.05) is 7.05 Å². The van der Waals surface area contributed by atoms with E-state index < -0.39 is 0 Å². The molecule has 1 aromatic carbocycles. The van der Waals surface area contributed by atoms with Crippen molar-refractivity contribution in [2.45, 2.75) is 19.6 Å². The molecule has 0 bridgehead atoms. The standard InChI is InChI=1S/C15H18ClN3/c1-19(10-12-5-2-3-8-15(12)16)11-14-7-4-6-13(9-17)18-14/h2-8H,9-11,17H2,1H3. The molecule has 0 amide bonds. The minimum Gasteiger partial charge on any atom is -0.325 e. The van der Waals surface area contributed by atoms with Gasteiger partial charge in [-0.3, -0.25) is 9.88 Å². The number of benzene rings is 1. The smallest absolute Gasteiger partial charge is 0.0547 e. The highest BCUT2D eigenvalue weighted by Crippen LogP contribution is 2.17. The van der Waals surface area contributed by atoms with Gasteiger partial charge in [0, 0.05) is 24.7 Å². The maximum Gasteiger partial charge on any atom is 0.0547 e. The van der Waals surface area contributed by atoms with Gasteiger partial charge in [-0.15, -0.1) is 0 Å². The van der Waals surface area contributed by atoms with Crippen LogP contribution in [-0.2, 0) is 19.6 Å². The molecular weight excluding hydrogens is 258 g/mol. The molecule has 0 fully saturated rings. The Balaban J connectivity index is 2.01. The van der Waals surface area contributed by atoms with Gasteiger partial charge in [-0.1, -0.05) is 35.9 Å². The van der Waals surface area contributed by atoms with Gasteiger partial charge in [0.25, 0.3) is 0 Å². The Morgan fingerprint density at radius 1 is 1.05 bits per heavy atom. The number of nitrogens with two attached hydrogens (primary N) is 1. The summed E-state index contributed by atoms with van der Waals surface area (Å²) in [5, 5.41) is 0.804. The molecule has 0 saturated carbocycles. The molecule has 0 aliphatic rings. The van der Waals surface area contributed by atoms with Crippen LogP contribution in [0.1, 0.15) is 17.0 Å². The average Bonchev–Trinajstić information content (AvgIpc) is 2.41. The van der Waals surface area contributed by atoms with Crippen molar-refractivity contribution in [1.29, 1.82) is 0 Å². The van der Waals surface area contributed by atoms with Crippen LogP contribution in [0.3, 0.4) is 0 Å². The van der Waals surface area contributed by atoms with Crippen LogP contribution in [0.5, 0.6) is 0 Å². The van der Waals surface area contributed by atoms with E-state index in [1.807, 2.05) is 42.5 Å². The van der Waals surface area contributed by atoms with Gasteiger partial charge in [0.15, 0.2) is 0 Å². The lowest BCUT2D eigenvalue weighted by Gasteiger charge is -2.17. The third-order valence-electron chi connectivity index (χ3n) is 2.90. The number of rotatable bonds is 5. The first kappa shape index (κ1) is 14.0. The van der Waals surface area contributed by atoms with Crippen molar-refractivity contribution in [3.63, 3.8) is 0 Å². The zero-order valence-corrected chi connectivity index (χ0v) is 11.8. The molecule has 2 rings (SSSR count). The second kappa shape index (κ2) is 6.66. The number of nitrogens with zero attached hydrogens (tertiary/aromatic N) is 2. The molecule has 0 unspecified atom stereocenters. The van der Waals surface area contributed by atoms with E-state index in [-0.39, 0.29) is 0 Å². The molecule has 0 radical (unpaired) electrons. The summed E-state index contributed by atoms with van der Waals surface area (Å²) in [4.78, 5) is 6.68. The van der Waals surface area contributed by atoms with E-state index in [1.165, 1.54) is 0 Å². The number of halogens is 1. The monoisotopic (exact) mass is 275 g/mol. The number of hydrogen-bond acceptors (Lipinski definition) is 3. The maximum absolute atomic E-state index is 6.16. The number of pyridine rings is 1. The van der Waals surface area contributed by atoms with E-state index in [4.69, 9.17) is 17.3 Å². The van der Waals surface area contributed by atoms with Gasteiger partial charge in [-0.25, -0.2) is 0 Å². The first-order valence-electron chi connectivity index (χ1n) is 6.26. The summed E-state index contributed by atoms with van der Waals surface area (Å²) < 4.78 is 0. The fraction of sp³-hybridized carbons (Fsp3) is 0.267. The van der Waals surface area contributed by atoms with Crippen molar-refractivity contribution in [3.05, 3.63) is 64.4 Å². The Hall–Kier alpha value is -1.42. The van der Waals surface area contributed by atoms with Crippen molar-refractivity contribution in [1.82, 2.24) is 9.88 Å². The molecular formula is C15H18ClN3. The molecule has 1 aromatic heterocycles. The molecule has 4 heteroatoms. The van der Waals surface area contributed by atoms with Crippen LogP contribution in [0.2, 0.25) is 5.02 Å². The Bertz CT molecular complexity index is 542. The van der Waals surface area contributed by atoms with Crippen LogP contribution in [0.4, 0.5) is 0 Å². The maximum atomic E-state index is 6.16. The molecule has 2 aromatic rings. The number of hydrogen-bond donors (Lipinski definition) is 1. The van der Waals surface area contributed by atoms with Crippen LogP contribution in [0.15, 0.2) is 42.5 Å². The summed E-state index contributed by atoms with van der Waals surface area (Å²) in [5.41, 5.74) is 8.67. The third kappa shape index (κ3) is 4.03. The largest absolute Gasteiger partial charge is 0.325 e. The second-order valence-corrected chi connectivity index (χ2v) is 5.00. The molecule has 2 N–H and O–H groups in total. The lowest BCUT2D eigenvalue weighted by molar-refractivity contribution is 0.315. The zero-order valence-electron chi connectivity index (χ0n) is 11.0. The summed E-state index contributed by atoms with van der Waals surface area (Å²) in [7, 11) is 2.06. The first-order chi connectivity index (χ1) is 9.19. The molecule has 0 aliphatic heterocycles. The predicted molar refractivity (Wildman–Crippen MR) is 78.8 cm³/mol. The molecule has 100 valence electrons. The van der Waals surface area contributed by atoms with Gasteiger partial charge in [-0.2, -0.15) is 0 Å². The van der Waals surface area contributed by atoms with Crippen LogP contribution < -0.4 is 5.73 Å². The van der Waals surface area contributed by atoms with Crippen molar-refractivity contribution < 1.29 is 0 Å². The van der Waals surface area contributed by atoms with E-state index in [0.29, 0.717) is 6.54 Å². The topological polar surface area (TPSA) is 42.1 Å². The minimum atomic E-state index is 0.474. The molecule has 0 atom stereocenters. The van der Waals surface area contributed by atoms with Crippen LogP contribution >= 0.6 is 11.6 Å². The normalized spacial score (nSPS) is 10.9. The fourth-order valence-corrected chi connectivity index (χ4v) is 2.18. The molecule has 19 heavy (non-hydrogen) atoms. The Kier molecular flexibility index (Phi) is 4.91. The van der Waals surface area contributed by atoms with Gasteiger partial charge in [0.1, 0.15) is 0 Å². The van der Waals surface area contributed by atoms with E-state index in [9.17, 15) is 0 Å². The lowest BCUT2D eigenvalue weighted by Crippen LogP contribution is -2.18. The van der Waals surface area contributed by atoms with Crippen LogP contribution in [0.25, 0.3) is 0 Å². The molecule has 1 heterocycles. The van der Waals surface area contributed by atoms with E-state index in [0.717, 1.165) is 35.1 Å². The van der Waals surface area contributed by atoms with Gasteiger partial charge in [-0.05, 0) is 30.8 Å². The van der Waals surface area contributed by atoms with Crippen molar-refractivity contribution in [2.24, 2.45) is 5.73 Å². The van der Waals surface area contributed by atoms with Crippen LogP contribution in [0, 0.1) is 0 Å². The summed E-state index contributed by atoms with van der Waals surface area (Å²) in [5.74, 6) is 0. The molecule has 0 aliphatic carbocycles. The summed E-state index contributed by atoms with van der Waals surface area (Å²) in [6.45, 7) is 2.05. The number of aromatic nitrogens is 1. The Morgan fingerprint density at radius 3 is 2.53 bits per heavy atom. The van der Waals surface area contributed by atoms with Gasteiger partial charge in [0.2, 0.25) is 0 Å². The predicted octanol–water partition coefficient (Wildman–Crippen LogP) is 2.83. The highest BCUT2D eigenvalue weighted by Gasteiger charge is 2.06. The van der Waals surface area contributed by atoms with E-state index in [1.54, 1.807) is 0 Å². The molecule has 0 saturated heterocycles. The van der Waals surface area contributed by atoms with E-state index >= 15 is 0 Å². The van der Waals surface area contributed by atoms with Crippen LogP contribution in [-0.4, -0.2) is 16.9 Å². The zero-order chi connectivity index (χ0) is 13.7. The molecule has 0 spiro atoms. The Labute approximate surface area is 119 Å². The lowest BCUT2D eigenvalue weighted by atomic mass is 10.2. The highest BCUT2D eigenvalue weighted by molar-refractivity contribution is 6.31. The van der Waals surface area contributed by atoms with Crippen molar-refractivity contribution >= 4 is 11.6 Å². The fourth-order valence-electron chi connectivity index (χ4n) is 1.98. The minimum absolute atomic E-state index is 0.474. The average molecular weight is 276 g/mol. The van der Waals surface area contributed by atoms with E-state index in [2.05, 4.69) is 16.9 Å². The van der Waals surface area contributed by atoms with Crippen molar-refractivity contribution in [3.8, 4) is 0 Å². The van der Waals surface area contributed by atoms with Gasteiger partial charge < -0.3 is 5.73 Å². The summed E-state index contributed by atoms with van der Waals surface area (Å²) >= 11 is 6.16. The summed E-state index contributed by atoms with van der Waals surface area (Å²) in [6.07, 6.45) is 0. The Morgan fingerprint density at radius 2 is 1.79 bits per heavy atom. The highest BCUT2D eigenvalue weighted by atomic mass is 35.5. The van der Waals surface area contributed by atoms with Gasteiger partial charge >= 0.3 is 0 Å². The second-order valence-electron chi connectivity index (χ2n) is 4.59. The SMILES string of the molecule is CN(Cc1cccc(CN)n1)Cc1ccccc1Cl. The summed E-state index contributed by atoms with van der Waals surface area (Å²) in [6, 6.07) is 13.9. The first-order valence-corrected chi connectivity index (χ1v) is 6.63. The molecule has 3 nitrogen and oxygen atoms in total. The van der Waals surface area contributed by atoms with Gasteiger partial charge in [0.05, 0.1) is 11.4 Å².